The summed E-state index contributed by atoms with van der Waals surface area (Å²) in [5.74, 6) is -0.306. The molecule has 1 aliphatic rings. The number of allylic oxidation sites excluding steroid dienone is 1. The van der Waals surface area contributed by atoms with Crippen molar-refractivity contribution in [2.75, 3.05) is 26.0 Å². The topological polar surface area (TPSA) is 72.9 Å². The highest BCUT2D eigenvalue weighted by Crippen LogP contribution is 2.28. The van der Waals surface area contributed by atoms with Gasteiger partial charge in [-0.1, -0.05) is 26.2 Å². The van der Waals surface area contributed by atoms with Crippen LogP contribution in [0.4, 0.5) is 0 Å². The lowest BCUT2D eigenvalue weighted by molar-refractivity contribution is -0.137. The third-order valence-electron chi connectivity index (χ3n) is 4.10. The van der Waals surface area contributed by atoms with Gasteiger partial charge in [0.1, 0.15) is 0 Å². The normalized spacial score (nSPS) is 18.1. The van der Waals surface area contributed by atoms with Gasteiger partial charge in [-0.3, -0.25) is 4.18 Å². The van der Waals surface area contributed by atoms with E-state index in [1.807, 2.05) is 0 Å². The van der Waals surface area contributed by atoms with E-state index < -0.39 is 10.1 Å². The summed E-state index contributed by atoms with van der Waals surface area (Å²) in [6.07, 6.45) is 9.49. The number of nitrogens with zero attached hydrogens (tertiary/aromatic N) is 1. The second-order valence-electron chi connectivity index (χ2n) is 6.15. The lowest BCUT2D eigenvalue weighted by Gasteiger charge is -2.31. The molecular weight excluding hydrogens is 330 g/mol. The molecule has 0 aliphatic carbocycles. The van der Waals surface area contributed by atoms with Crippen molar-refractivity contribution in [3.05, 3.63) is 11.8 Å². The highest BCUT2D eigenvalue weighted by atomic mass is 32.2. The highest BCUT2D eigenvalue weighted by molar-refractivity contribution is 7.85. The van der Waals surface area contributed by atoms with Crippen LogP contribution in [0.15, 0.2) is 11.8 Å². The first-order valence-electron chi connectivity index (χ1n) is 8.85. The van der Waals surface area contributed by atoms with Crippen LogP contribution in [0.1, 0.15) is 58.8 Å². The monoisotopic (exact) mass is 361 g/mol. The zero-order valence-electron chi connectivity index (χ0n) is 15.1. The summed E-state index contributed by atoms with van der Waals surface area (Å²) in [6, 6.07) is 0.196. The molecule has 6 nitrogen and oxygen atoms in total. The van der Waals surface area contributed by atoms with Gasteiger partial charge >= 0.3 is 5.97 Å². The smallest absolute Gasteiger partial charge is 0.332 e. The predicted octanol–water partition coefficient (Wildman–Crippen LogP) is 2.84. The maximum absolute atomic E-state index is 11.7. The fourth-order valence-corrected chi connectivity index (χ4v) is 3.43. The van der Waals surface area contributed by atoms with Gasteiger partial charge in [-0.25, -0.2) is 4.79 Å². The predicted molar refractivity (Wildman–Crippen MR) is 94.0 cm³/mol. The fourth-order valence-electron chi connectivity index (χ4n) is 3.03. The van der Waals surface area contributed by atoms with E-state index in [4.69, 9.17) is 8.92 Å². The average molecular weight is 362 g/mol. The first kappa shape index (κ1) is 21.0. The summed E-state index contributed by atoms with van der Waals surface area (Å²) in [6.45, 7) is 5.38. The van der Waals surface area contributed by atoms with Gasteiger partial charge in [0.25, 0.3) is 10.1 Å². The molecule has 1 heterocycles. The van der Waals surface area contributed by atoms with Gasteiger partial charge < -0.3 is 9.64 Å². The Morgan fingerprint density at radius 3 is 2.67 bits per heavy atom. The fraction of sp³-hybridized carbons (Fsp3) is 0.824. The molecule has 0 bridgehead atoms. The van der Waals surface area contributed by atoms with Crippen LogP contribution in [0.3, 0.4) is 0 Å². The quantitative estimate of drug-likeness (QED) is 0.244. The first-order valence-corrected chi connectivity index (χ1v) is 10.7. The number of hydrogen-bond donors (Lipinski definition) is 0. The second-order valence-corrected chi connectivity index (χ2v) is 7.79. The van der Waals surface area contributed by atoms with E-state index in [-0.39, 0.29) is 18.6 Å². The van der Waals surface area contributed by atoms with E-state index in [0.29, 0.717) is 13.0 Å². The van der Waals surface area contributed by atoms with Crippen molar-refractivity contribution in [3.8, 4) is 0 Å². The van der Waals surface area contributed by atoms with Gasteiger partial charge in [-0.05, 0) is 32.6 Å². The Kier molecular flexibility index (Phi) is 9.36. The van der Waals surface area contributed by atoms with Gasteiger partial charge in [0.2, 0.25) is 0 Å². The molecule has 1 unspecified atom stereocenters. The number of rotatable bonds is 11. The SMILES string of the molecule is CCCCCC(CCOS(C)(=O)=O)N1CCC/C1=C\C(=O)OCC. The number of likely N-dealkylation sites (tertiary alicyclic amines) is 1. The minimum absolute atomic E-state index is 0.179. The van der Waals surface area contributed by atoms with E-state index in [1.54, 1.807) is 13.0 Å². The minimum atomic E-state index is -3.42. The second kappa shape index (κ2) is 10.7. The summed E-state index contributed by atoms with van der Waals surface area (Å²) in [5.41, 5.74) is 0.995. The number of hydrogen-bond acceptors (Lipinski definition) is 6. The number of esters is 1. The van der Waals surface area contributed by atoms with Crippen LogP contribution in [0, 0.1) is 0 Å². The van der Waals surface area contributed by atoms with E-state index in [0.717, 1.165) is 57.0 Å². The molecule has 0 aromatic heterocycles. The van der Waals surface area contributed by atoms with Crippen molar-refractivity contribution in [3.63, 3.8) is 0 Å². The molecule has 1 rings (SSSR count). The van der Waals surface area contributed by atoms with Crippen LogP contribution >= 0.6 is 0 Å². The maximum Gasteiger partial charge on any atom is 0.332 e. The van der Waals surface area contributed by atoms with Crippen LogP contribution in [-0.2, 0) is 23.8 Å². The van der Waals surface area contributed by atoms with Crippen LogP contribution in [0.25, 0.3) is 0 Å². The van der Waals surface area contributed by atoms with Crippen molar-refractivity contribution in [2.24, 2.45) is 0 Å². The van der Waals surface area contributed by atoms with Crippen molar-refractivity contribution >= 4 is 16.1 Å². The Hall–Kier alpha value is -1.08. The standard InChI is InChI=1S/C17H31NO5S/c1-4-6-7-9-15(11-13-23-24(3,20)21)18-12-8-10-16(18)14-17(19)22-5-2/h14-15H,4-13H2,1-3H3/b16-14+. The zero-order valence-corrected chi connectivity index (χ0v) is 15.9. The van der Waals surface area contributed by atoms with Gasteiger partial charge in [-0.15, -0.1) is 0 Å². The molecule has 1 atom stereocenters. The lowest BCUT2D eigenvalue weighted by atomic mass is 10.0. The number of carbonyl (C=O) groups is 1. The summed E-state index contributed by atoms with van der Waals surface area (Å²) >= 11 is 0. The summed E-state index contributed by atoms with van der Waals surface area (Å²) < 4.78 is 32.3. The van der Waals surface area contributed by atoms with E-state index in [1.165, 1.54) is 0 Å². The van der Waals surface area contributed by atoms with Crippen molar-refractivity contribution in [2.45, 2.75) is 64.8 Å². The highest BCUT2D eigenvalue weighted by Gasteiger charge is 2.26. The number of carbonyl (C=O) groups excluding carboxylic acids is 1. The van der Waals surface area contributed by atoms with Crippen LogP contribution < -0.4 is 0 Å². The Morgan fingerprint density at radius 1 is 1.29 bits per heavy atom. The maximum atomic E-state index is 11.7. The molecule has 0 radical (unpaired) electrons. The average Bonchev–Trinajstić information content (AvgIpc) is 2.93. The summed E-state index contributed by atoms with van der Waals surface area (Å²) in [5, 5.41) is 0. The van der Waals surface area contributed by atoms with Gasteiger partial charge in [0, 0.05) is 24.4 Å². The third kappa shape index (κ3) is 8.15. The molecule has 0 aromatic carbocycles. The number of unbranched alkanes of at least 4 members (excludes halogenated alkanes) is 2. The molecule has 0 aromatic rings. The molecule has 1 aliphatic heterocycles. The first-order chi connectivity index (χ1) is 11.4. The molecule has 0 N–H and O–H groups in total. The molecule has 0 amide bonds. The van der Waals surface area contributed by atoms with E-state index in [2.05, 4.69) is 11.8 Å². The molecule has 1 saturated heterocycles. The third-order valence-corrected chi connectivity index (χ3v) is 4.70. The van der Waals surface area contributed by atoms with Crippen molar-refractivity contribution in [1.82, 2.24) is 4.90 Å². The minimum Gasteiger partial charge on any atom is -0.463 e. The van der Waals surface area contributed by atoms with Gasteiger partial charge in [0.05, 0.1) is 19.5 Å². The van der Waals surface area contributed by atoms with Crippen LogP contribution in [0.2, 0.25) is 0 Å². The summed E-state index contributed by atoms with van der Waals surface area (Å²) in [4.78, 5) is 14.0. The largest absolute Gasteiger partial charge is 0.463 e. The van der Waals surface area contributed by atoms with Crippen molar-refractivity contribution < 1.29 is 22.1 Å². The van der Waals surface area contributed by atoms with Crippen LogP contribution in [-0.4, -0.2) is 51.3 Å². The molecule has 0 saturated carbocycles. The van der Waals surface area contributed by atoms with Crippen molar-refractivity contribution in [1.29, 1.82) is 0 Å². The Balaban J connectivity index is 2.73. The molecule has 140 valence electrons. The Labute approximate surface area is 146 Å². The lowest BCUT2D eigenvalue weighted by Crippen LogP contribution is -2.33. The van der Waals surface area contributed by atoms with Crippen LogP contribution in [0.5, 0.6) is 0 Å². The van der Waals surface area contributed by atoms with E-state index >= 15 is 0 Å². The molecule has 1 fully saturated rings. The summed E-state index contributed by atoms with van der Waals surface area (Å²) in [7, 11) is -3.42. The Bertz CT molecular complexity index is 515. The van der Waals surface area contributed by atoms with Gasteiger partial charge in [0.15, 0.2) is 0 Å². The zero-order chi connectivity index (χ0) is 18.0. The molecule has 24 heavy (non-hydrogen) atoms. The van der Waals surface area contributed by atoms with Gasteiger partial charge in [-0.2, -0.15) is 8.42 Å². The number of ether oxygens (including phenoxy) is 1. The molecule has 7 heteroatoms. The molecular formula is C17H31NO5S. The Morgan fingerprint density at radius 2 is 2.04 bits per heavy atom. The molecule has 0 spiro atoms. The van der Waals surface area contributed by atoms with E-state index in [9.17, 15) is 13.2 Å².